The Kier molecular flexibility index (Phi) is 4.85. The van der Waals surface area contributed by atoms with Crippen molar-refractivity contribution in [3.8, 4) is 0 Å². The monoisotopic (exact) mass is 200 g/mol. The molecule has 1 fully saturated rings. The maximum atomic E-state index is 5.60. The Morgan fingerprint density at radius 3 is 2.86 bits per heavy atom. The first-order valence-electron chi connectivity index (χ1n) is 5.67. The molecule has 3 heteroatoms. The molecule has 3 nitrogen and oxygen atoms in total. The summed E-state index contributed by atoms with van der Waals surface area (Å²) in [6.45, 7) is 11.7. The van der Waals surface area contributed by atoms with Crippen LogP contribution in [-0.2, 0) is 4.74 Å². The molecule has 0 amide bonds. The molecule has 1 aliphatic rings. The Hall–Kier alpha value is -0.120. The van der Waals surface area contributed by atoms with E-state index in [1.165, 1.54) is 6.42 Å². The van der Waals surface area contributed by atoms with Crippen LogP contribution in [0.25, 0.3) is 0 Å². The van der Waals surface area contributed by atoms with Crippen LogP contribution in [0.3, 0.4) is 0 Å². The van der Waals surface area contributed by atoms with Gasteiger partial charge in [-0.25, -0.2) is 0 Å². The van der Waals surface area contributed by atoms with Gasteiger partial charge >= 0.3 is 0 Å². The molecule has 1 unspecified atom stereocenters. The van der Waals surface area contributed by atoms with Gasteiger partial charge in [0.1, 0.15) is 0 Å². The van der Waals surface area contributed by atoms with Crippen molar-refractivity contribution in [1.82, 2.24) is 10.6 Å². The van der Waals surface area contributed by atoms with Crippen LogP contribution in [0.2, 0.25) is 0 Å². The summed E-state index contributed by atoms with van der Waals surface area (Å²) in [5.74, 6) is 0. The van der Waals surface area contributed by atoms with Crippen LogP contribution in [0.4, 0.5) is 0 Å². The lowest BCUT2D eigenvalue weighted by Gasteiger charge is -2.27. The van der Waals surface area contributed by atoms with E-state index < -0.39 is 0 Å². The predicted octanol–water partition coefficient (Wildman–Crippen LogP) is 1.00. The molecule has 84 valence electrons. The quantitative estimate of drug-likeness (QED) is 0.694. The highest BCUT2D eigenvalue weighted by atomic mass is 16.5. The zero-order chi connectivity index (χ0) is 10.4. The lowest BCUT2D eigenvalue weighted by molar-refractivity contribution is 0.0279. The topological polar surface area (TPSA) is 33.3 Å². The van der Waals surface area contributed by atoms with E-state index in [2.05, 4.69) is 31.4 Å². The molecule has 0 aliphatic carbocycles. The van der Waals surface area contributed by atoms with Gasteiger partial charge in [0.25, 0.3) is 0 Å². The van der Waals surface area contributed by atoms with Gasteiger partial charge in [0.05, 0.1) is 12.7 Å². The van der Waals surface area contributed by atoms with Crippen molar-refractivity contribution >= 4 is 0 Å². The second kappa shape index (κ2) is 5.69. The summed E-state index contributed by atoms with van der Waals surface area (Å²) >= 11 is 0. The average molecular weight is 200 g/mol. The standard InChI is InChI=1S/C11H24N2O/c1-4-11(2,3)9-13-8-10-7-12-5-6-14-10/h10,12-13H,4-9H2,1-3H3. The fourth-order valence-electron chi connectivity index (χ4n) is 1.45. The predicted molar refractivity (Wildman–Crippen MR) is 59.6 cm³/mol. The van der Waals surface area contributed by atoms with E-state index in [1.54, 1.807) is 0 Å². The third-order valence-electron chi connectivity index (χ3n) is 2.94. The lowest BCUT2D eigenvalue weighted by Crippen LogP contribution is -2.45. The average Bonchev–Trinajstić information content (AvgIpc) is 2.19. The number of hydrogen-bond acceptors (Lipinski definition) is 3. The fourth-order valence-corrected chi connectivity index (χ4v) is 1.45. The van der Waals surface area contributed by atoms with Crippen LogP contribution in [0.1, 0.15) is 27.2 Å². The Labute approximate surface area is 87.6 Å². The Balaban J connectivity index is 2.08. The zero-order valence-corrected chi connectivity index (χ0v) is 9.73. The van der Waals surface area contributed by atoms with Gasteiger partial charge in [0.15, 0.2) is 0 Å². The molecule has 1 rings (SSSR count). The molecule has 1 aliphatic heterocycles. The molecular formula is C11H24N2O. The Morgan fingerprint density at radius 1 is 1.50 bits per heavy atom. The van der Waals surface area contributed by atoms with Crippen LogP contribution in [0.15, 0.2) is 0 Å². The van der Waals surface area contributed by atoms with Crippen molar-refractivity contribution in [3.05, 3.63) is 0 Å². The third kappa shape index (κ3) is 4.40. The summed E-state index contributed by atoms with van der Waals surface area (Å²) in [4.78, 5) is 0. The van der Waals surface area contributed by atoms with Gasteiger partial charge in [-0.3, -0.25) is 0 Å². The van der Waals surface area contributed by atoms with E-state index in [1.807, 2.05) is 0 Å². The smallest absolute Gasteiger partial charge is 0.0824 e. The van der Waals surface area contributed by atoms with Crippen LogP contribution in [0, 0.1) is 5.41 Å². The van der Waals surface area contributed by atoms with Gasteiger partial charge in [0.2, 0.25) is 0 Å². The fraction of sp³-hybridized carbons (Fsp3) is 1.00. The summed E-state index contributed by atoms with van der Waals surface area (Å²) in [7, 11) is 0. The van der Waals surface area contributed by atoms with E-state index in [4.69, 9.17) is 4.74 Å². The largest absolute Gasteiger partial charge is 0.374 e. The van der Waals surface area contributed by atoms with E-state index in [9.17, 15) is 0 Å². The number of morpholine rings is 1. The van der Waals surface area contributed by atoms with Crippen molar-refractivity contribution in [1.29, 1.82) is 0 Å². The van der Waals surface area contributed by atoms with E-state index in [0.717, 1.165) is 32.8 Å². The number of ether oxygens (including phenoxy) is 1. The summed E-state index contributed by atoms with van der Waals surface area (Å²) in [6, 6.07) is 0. The minimum Gasteiger partial charge on any atom is -0.374 e. The van der Waals surface area contributed by atoms with Crippen molar-refractivity contribution in [3.63, 3.8) is 0 Å². The highest BCUT2D eigenvalue weighted by molar-refractivity contribution is 4.73. The molecule has 0 bridgehead atoms. The highest BCUT2D eigenvalue weighted by Gasteiger charge is 2.17. The molecule has 0 saturated carbocycles. The molecule has 1 heterocycles. The molecule has 1 atom stereocenters. The molecule has 0 aromatic rings. The molecule has 0 aromatic heterocycles. The van der Waals surface area contributed by atoms with E-state index in [0.29, 0.717) is 11.5 Å². The van der Waals surface area contributed by atoms with Crippen LogP contribution in [-0.4, -0.2) is 38.9 Å². The van der Waals surface area contributed by atoms with Gasteiger partial charge < -0.3 is 15.4 Å². The van der Waals surface area contributed by atoms with Crippen molar-refractivity contribution in [2.24, 2.45) is 5.41 Å². The second-order valence-electron chi connectivity index (χ2n) is 4.85. The zero-order valence-electron chi connectivity index (χ0n) is 9.73. The molecule has 0 spiro atoms. The van der Waals surface area contributed by atoms with Crippen molar-refractivity contribution in [2.45, 2.75) is 33.3 Å². The minimum atomic E-state index is 0.358. The summed E-state index contributed by atoms with van der Waals surface area (Å²) in [5, 5.41) is 6.81. The van der Waals surface area contributed by atoms with Crippen LogP contribution >= 0.6 is 0 Å². The normalized spacial score (nSPS) is 23.8. The lowest BCUT2D eigenvalue weighted by atomic mass is 9.90. The molecule has 1 saturated heterocycles. The summed E-state index contributed by atoms with van der Waals surface area (Å²) < 4.78 is 5.60. The summed E-state index contributed by atoms with van der Waals surface area (Å²) in [5.41, 5.74) is 0.405. The SMILES string of the molecule is CCC(C)(C)CNCC1CNCCO1. The molecule has 0 aromatic carbocycles. The summed E-state index contributed by atoms with van der Waals surface area (Å²) in [6.07, 6.45) is 1.57. The first-order valence-corrected chi connectivity index (χ1v) is 5.67. The Bertz CT molecular complexity index is 153. The van der Waals surface area contributed by atoms with Gasteiger partial charge in [-0.15, -0.1) is 0 Å². The van der Waals surface area contributed by atoms with Crippen LogP contribution in [0.5, 0.6) is 0 Å². The molecule has 0 radical (unpaired) electrons. The van der Waals surface area contributed by atoms with Crippen molar-refractivity contribution < 1.29 is 4.74 Å². The van der Waals surface area contributed by atoms with Gasteiger partial charge in [-0.2, -0.15) is 0 Å². The second-order valence-corrected chi connectivity index (χ2v) is 4.85. The van der Waals surface area contributed by atoms with Gasteiger partial charge in [-0.05, 0) is 11.8 Å². The Morgan fingerprint density at radius 2 is 2.29 bits per heavy atom. The van der Waals surface area contributed by atoms with Crippen molar-refractivity contribution in [2.75, 3.05) is 32.8 Å². The first-order chi connectivity index (χ1) is 6.64. The maximum Gasteiger partial charge on any atom is 0.0824 e. The molecular weight excluding hydrogens is 176 g/mol. The minimum absolute atomic E-state index is 0.358. The van der Waals surface area contributed by atoms with E-state index in [-0.39, 0.29) is 0 Å². The number of nitrogens with one attached hydrogen (secondary N) is 2. The van der Waals surface area contributed by atoms with E-state index >= 15 is 0 Å². The first kappa shape index (κ1) is 12.0. The van der Waals surface area contributed by atoms with Gasteiger partial charge in [0, 0.05) is 26.2 Å². The highest BCUT2D eigenvalue weighted by Crippen LogP contribution is 2.17. The number of hydrogen-bond donors (Lipinski definition) is 2. The van der Waals surface area contributed by atoms with Crippen LogP contribution < -0.4 is 10.6 Å². The molecule has 14 heavy (non-hydrogen) atoms. The third-order valence-corrected chi connectivity index (χ3v) is 2.94. The maximum absolute atomic E-state index is 5.60. The number of rotatable bonds is 5. The van der Waals surface area contributed by atoms with Gasteiger partial charge in [-0.1, -0.05) is 20.8 Å². The molecule has 2 N–H and O–H groups in total.